The molecule has 0 atom stereocenters. The van der Waals surface area contributed by atoms with E-state index in [0.717, 1.165) is 49.1 Å². The predicted molar refractivity (Wildman–Crippen MR) is 136 cm³/mol. The first-order valence-electron chi connectivity index (χ1n) is 11.9. The molecule has 0 spiro atoms. The second kappa shape index (κ2) is 9.12. The third kappa shape index (κ3) is 3.91. The van der Waals surface area contributed by atoms with Gasteiger partial charge in [0.15, 0.2) is 5.82 Å². The zero-order valence-corrected chi connectivity index (χ0v) is 19.5. The normalized spacial score (nSPS) is 13.8. The second-order valence-corrected chi connectivity index (χ2v) is 8.77. The van der Waals surface area contributed by atoms with E-state index < -0.39 is 5.63 Å². The molecule has 5 aromatic rings. The number of fused-ring (bicyclic) bond motifs is 2. The van der Waals surface area contributed by atoms with Crippen LogP contribution in [0.15, 0.2) is 76.1 Å². The van der Waals surface area contributed by atoms with Gasteiger partial charge in [-0.1, -0.05) is 42.8 Å². The molecule has 2 aromatic carbocycles. The van der Waals surface area contributed by atoms with Gasteiger partial charge in [-0.25, -0.2) is 9.48 Å². The Balaban J connectivity index is 1.54. The zero-order valence-electron chi connectivity index (χ0n) is 19.5. The Kier molecular flexibility index (Phi) is 5.51. The fraction of sp³-hybridized carbons (Fsp3) is 0.179. The largest absolute Gasteiger partial charge is 0.422 e. The highest BCUT2D eigenvalue weighted by atomic mass is 16.4. The van der Waals surface area contributed by atoms with Crippen LogP contribution in [-0.4, -0.2) is 24.5 Å². The van der Waals surface area contributed by atoms with E-state index in [-0.39, 0.29) is 0 Å². The molecule has 8 nitrogen and oxygen atoms in total. The SMILES string of the molecule is N#C/C(=C/c1cn(-c2ccccc2)nc1-c1cc2ccccc2oc1=O)c1nnc2n1CCCCC2. The molecule has 0 unspecified atom stereocenters. The van der Waals surface area contributed by atoms with Gasteiger partial charge in [0.25, 0.3) is 0 Å². The number of aryl methyl sites for hydroxylation is 1. The van der Waals surface area contributed by atoms with E-state index >= 15 is 0 Å². The van der Waals surface area contributed by atoms with Crippen molar-refractivity contribution in [3.8, 4) is 23.0 Å². The van der Waals surface area contributed by atoms with Gasteiger partial charge >= 0.3 is 5.63 Å². The quantitative estimate of drug-likeness (QED) is 0.267. The molecule has 0 fully saturated rings. The second-order valence-electron chi connectivity index (χ2n) is 8.77. The number of hydrogen-bond acceptors (Lipinski definition) is 6. The number of allylic oxidation sites excluding steroid dienone is 1. The number of nitrogens with zero attached hydrogens (tertiary/aromatic N) is 6. The summed E-state index contributed by atoms with van der Waals surface area (Å²) in [7, 11) is 0. The molecule has 0 saturated heterocycles. The van der Waals surface area contributed by atoms with Crippen LogP contribution in [0.4, 0.5) is 0 Å². The molecule has 0 bridgehead atoms. The Bertz CT molecular complexity index is 1700. The van der Waals surface area contributed by atoms with Crippen LogP contribution in [0.5, 0.6) is 0 Å². The van der Waals surface area contributed by atoms with Gasteiger partial charge in [0.2, 0.25) is 0 Å². The number of aromatic nitrogens is 5. The van der Waals surface area contributed by atoms with Crippen molar-refractivity contribution in [2.75, 3.05) is 0 Å². The molecule has 1 aliphatic heterocycles. The highest BCUT2D eigenvalue weighted by Crippen LogP contribution is 2.28. The molecule has 1 aliphatic rings. The standard InChI is InChI=1S/C28H22N6O2/c29-17-20(27-31-30-25-13-5-2-8-14-33(25)27)15-21-18-34(22-10-3-1-4-11-22)32-26(21)23-16-19-9-6-7-12-24(19)36-28(23)35/h1,3-4,6-7,9-12,15-16,18H,2,5,8,13-14H2/b20-15-. The molecule has 0 amide bonds. The van der Waals surface area contributed by atoms with Gasteiger partial charge in [-0.2, -0.15) is 10.4 Å². The predicted octanol–water partition coefficient (Wildman–Crippen LogP) is 5.03. The lowest BCUT2D eigenvalue weighted by Gasteiger charge is -2.06. The minimum absolute atomic E-state index is 0.326. The minimum Gasteiger partial charge on any atom is -0.422 e. The summed E-state index contributed by atoms with van der Waals surface area (Å²) in [5, 5.41) is 24.3. The molecule has 0 radical (unpaired) electrons. The Morgan fingerprint density at radius 3 is 2.72 bits per heavy atom. The summed E-state index contributed by atoms with van der Waals surface area (Å²) in [6.45, 7) is 0.779. The lowest BCUT2D eigenvalue weighted by Crippen LogP contribution is -2.05. The van der Waals surface area contributed by atoms with Gasteiger partial charge in [0.05, 0.1) is 16.8 Å². The fourth-order valence-corrected chi connectivity index (χ4v) is 4.63. The molecule has 0 aliphatic carbocycles. The molecule has 6 rings (SSSR count). The van der Waals surface area contributed by atoms with E-state index in [4.69, 9.17) is 9.52 Å². The molecule has 0 saturated carbocycles. The van der Waals surface area contributed by atoms with Gasteiger partial charge in [0, 0.05) is 30.1 Å². The lowest BCUT2D eigenvalue weighted by atomic mass is 10.1. The van der Waals surface area contributed by atoms with Gasteiger partial charge in [-0.3, -0.25) is 0 Å². The number of hydrogen-bond donors (Lipinski definition) is 0. The van der Waals surface area contributed by atoms with Gasteiger partial charge in [-0.15, -0.1) is 10.2 Å². The number of nitriles is 1. The first-order chi connectivity index (χ1) is 17.7. The van der Waals surface area contributed by atoms with Crippen LogP contribution < -0.4 is 5.63 Å². The third-order valence-corrected chi connectivity index (χ3v) is 6.43. The van der Waals surface area contributed by atoms with Crippen molar-refractivity contribution in [1.82, 2.24) is 24.5 Å². The average Bonchev–Trinajstić information content (AvgIpc) is 3.43. The number of para-hydroxylation sites is 2. The van der Waals surface area contributed by atoms with Crippen molar-refractivity contribution in [2.24, 2.45) is 0 Å². The molecule has 0 N–H and O–H groups in total. The topological polar surface area (TPSA) is 103 Å². The van der Waals surface area contributed by atoms with Crippen LogP contribution >= 0.6 is 0 Å². The molecule has 3 aromatic heterocycles. The molecule has 8 heteroatoms. The average molecular weight is 475 g/mol. The molecular formula is C28H22N6O2. The van der Waals surface area contributed by atoms with Crippen LogP contribution in [0.1, 0.15) is 36.5 Å². The van der Waals surface area contributed by atoms with Gasteiger partial charge in [0.1, 0.15) is 23.2 Å². The van der Waals surface area contributed by atoms with Crippen molar-refractivity contribution in [2.45, 2.75) is 32.2 Å². The monoisotopic (exact) mass is 474 g/mol. The summed E-state index contributed by atoms with van der Waals surface area (Å²) < 4.78 is 9.33. The Morgan fingerprint density at radius 2 is 1.86 bits per heavy atom. The highest BCUT2D eigenvalue weighted by molar-refractivity contribution is 5.91. The lowest BCUT2D eigenvalue weighted by molar-refractivity contribution is 0.563. The van der Waals surface area contributed by atoms with E-state index in [1.54, 1.807) is 22.9 Å². The van der Waals surface area contributed by atoms with Crippen LogP contribution in [0, 0.1) is 11.3 Å². The molecule has 176 valence electrons. The summed E-state index contributed by atoms with van der Waals surface area (Å²) in [6, 6.07) is 21.1. The summed E-state index contributed by atoms with van der Waals surface area (Å²) >= 11 is 0. The highest BCUT2D eigenvalue weighted by Gasteiger charge is 2.21. The fourth-order valence-electron chi connectivity index (χ4n) is 4.63. The van der Waals surface area contributed by atoms with Crippen molar-refractivity contribution < 1.29 is 4.42 Å². The smallest absolute Gasteiger partial charge is 0.345 e. The molecule has 4 heterocycles. The molecule has 36 heavy (non-hydrogen) atoms. The van der Waals surface area contributed by atoms with Crippen molar-refractivity contribution in [1.29, 1.82) is 5.26 Å². The van der Waals surface area contributed by atoms with E-state index in [1.165, 1.54) is 0 Å². The van der Waals surface area contributed by atoms with E-state index in [0.29, 0.717) is 33.8 Å². The van der Waals surface area contributed by atoms with Gasteiger partial charge < -0.3 is 8.98 Å². The van der Waals surface area contributed by atoms with E-state index in [1.807, 2.05) is 59.3 Å². The zero-order chi connectivity index (χ0) is 24.5. The van der Waals surface area contributed by atoms with Crippen molar-refractivity contribution >= 4 is 22.6 Å². The van der Waals surface area contributed by atoms with Crippen LogP contribution in [-0.2, 0) is 13.0 Å². The Hall–Kier alpha value is -4.77. The van der Waals surface area contributed by atoms with Crippen LogP contribution in [0.3, 0.4) is 0 Å². The number of benzene rings is 2. The van der Waals surface area contributed by atoms with Crippen molar-refractivity contribution in [3.05, 3.63) is 94.5 Å². The Morgan fingerprint density at radius 1 is 1.03 bits per heavy atom. The number of rotatable bonds is 4. The summed E-state index contributed by atoms with van der Waals surface area (Å²) in [6.07, 6.45) is 7.61. The third-order valence-electron chi connectivity index (χ3n) is 6.43. The minimum atomic E-state index is -0.489. The molecular weight excluding hydrogens is 452 g/mol. The Labute approximate surface area is 206 Å². The van der Waals surface area contributed by atoms with E-state index in [2.05, 4.69) is 16.3 Å². The maximum absolute atomic E-state index is 13.0. The maximum Gasteiger partial charge on any atom is 0.345 e. The first kappa shape index (κ1) is 21.7. The van der Waals surface area contributed by atoms with Crippen LogP contribution in [0.2, 0.25) is 0 Å². The van der Waals surface area contributed by atoms with Crippen molar-refractivity contribution in [3.63, 3.8) is 0 Å². The van der Waals surface area contributed by atoms with Crippen LogP contribution in [0.25, 0.3) is 39.6 Å². The van der Waals surface area contributed by atoms with Gasteiger partial charge in [-0.05, 0) is 43.2 Å². The van der Waals surface area contributed by atoms with E-state index in [9.17, 15) is 10.1 Å². The maximum atomic E-state index is 13.0. The first-order valence-corrected chi connectivity index (χ1v) is 11.9. The summed E-state index contributed by atoms with van der Waals surface area (Å²) in [5.74, 6) is 1.44. The summed E-state index contributed by atoms with van der Waals surface area (Å²) in [5.41, 5.74) is 2.59. The summed E-state index contributed by atoms with van der Waals surface area (Å²) in [4.78, 5) is 13.0.